The molecule has 11 nitrogen and oxygen atoms in total. The molecule has 0 unspecified atom stereocenters. The predicted molar refractivity (Wildman–Crippen MR) is 107 cm³/mol. The van der Waals surface area contributed by atoms with Crippen molar-refractivity contribution < 1.29 is 27.8 Å². The summed E-state index contributed by atoms with van der Waals surface area (Å²) in [5, 5.41) is 8.67. The third kappa shape index (κ3) is 4.36. The van der Waals surface area contributed by atoms with Gasteiger partial charge in [-0.25, -0.2) is 34.6 Å². The number of nitrogens with zero attached hydrogens (tertiary/aromatic N) is 8. The molecule has 1 fully saturated rings. The molecule has 0 aromatic carbocycles. The molecular formula is C17H16ClF3N8O3. The first kappa shape index (κ1) is 22.0. The van der Waals surface area contributed by atoms with E-state index in [1.165, 1.54) is 19.4 Å². The lowest BCUT2D eigenvalue weighted by molar-refractivity contribution is -0.140. The van der Waals surface area contributed by atoms with Crippen molar-refractivity contribution in [3.8, 4) is 11.4 Å². The molecule has 1 N–H and O–H groups in total. The minimum atomic E-state index is -4.55. The maximum absolute atomic E-state index is 13.1. The monoisotopic (exact) mass is 472 g/mol. The van der Waals surface area contributed by atoms with E-state index in [4.69, 9.17) is 21.4 Å². The van der Waals surface area contributed by atoms with E-state index >= 15 is 0 Å². The Bertz CT molecular complexity index is 1150. The van der Waals surface area contributed by atoms with Crippen molar-refractivity contribution >= 4 is 40.6 Å². The van der Waals surface area contributed by atoms with Crippen molar-refractivity contribution in [2.24, 2.45) is 0 Å². The molecule has 0 aliphatic carbocycles. The molecule has 3 aromatic rings. The van der Waals surface area contributed by atoms with Crippen molar-refractivity contribution in [2.75, 3.05) is 43.2 Å². The molecule has 0 bridgehead atoms. The summed E-state index contributed by atoms with van der Waals surface area (Å²) in [6.07, 6.45) is -3.22. The number of hydrogen-bond acceptors (Lipinski definition) is 8. The molecule has 1 aliphatic heterocycles. The van der Waals surface area contributed by atoms with Crippen LogP contribution < -0.4 is 9.80 Å². The van der Waals surface area contributed by atoms with Gasteiger partial charge in [0.1, 0.15) is 6.54 Å². The van der Waals surface area contributed by atoms with Crippen molar-refractivity contribution in [3.63, 3.8) is 0 Å². The summed E-state index contributed by atoms with van der Waals surface area (Å²) < 4.78 is 45.5. The van der Waals surface area contributed by atoms with Crippen LogP contribution in [0.5, 0.6) is 0 Å². The molecule has 1 amide bonds. The van der Waals surface area contributed by atoms with Crippen LogP contribution in [0.15, 0.2) is 12.4 Å². The predicted octanol–water partition coefficient (Wildman–Crippen LogP) is 2.45. The Balaban J connectivity index is 1.85. The molecule has 170 valence electrons. The van der Waals surface area contributed by atoms with Gasteiger partial charge in [0.15, 0.2) is 22.8 Å². The van der Waals surface area contributed by atoms with Crippen molar-refractivity contribution in [1.82, 2.24) is 29.5 Å². The largest absolute Gasteiger partial charge is 0.465 e. The number of rotatable bonds is 4. The van der Waals surface area contributed by atoms with E-state index in [-0.39, 0.29) is 33.8 Å². The lowest BCUT2D eigenvalue weighted by atomic mass is 10.3. The standard InChI is InChI=1S/C17H16ClF3N8O3/c1-27(16(30)31)15-22-6-9(7-23-15)11-25-12(28-2-4-32-5-3-28)10-13(26-11)29(14(18)24-10)8-17(19,20)21/h6-7H,2-5,8H2,1H3,(H,30,31). The Labute approximate surface area is 183 Å². The topological polar surface area (TPSA) is 122 Å². The Morgan fingerprint density at radius 3 is 2.47 bits per heavy atom. The van der Waals surface area contributed by atoms with Gasteiger partial charge in [-0.1, -0.05) is 0 Å². The fraction of sp³-hybridized carbons (Fsp3) is 0.412. The first-order valence-corrected chi connectivity index (χ1v) is 9.64. The maximum atomic E-state index is 13.1. The fourth-order valence-electron chi connectivity index (χ4n) is 3.10. The summed E-state index contributed by atoms with van der Waals surface area (Å²) in [4.78, 5) is 34.5. The summed E-state index contributed by atoms with van der Waals surface area (Å²) in [7, 11) is 1.27. The number of ether oxygens (including phenoxy) is 1. The molecule has 0 radical (unpaired) electrons. The highest BCUT2D eigenvalue weighted by Crippen LogP contribution is 2.32. The molecule has 1 saturated heterocycles. The van der Waals surface area contributed by atoms with Crippen LogP contribution in [0.4, 0.5) is 29.7 Å². The van der Waals surface area contributed by atoms with Crippen LogP contribution in [-0.2, 0) is 11.3 Å². The van der Waals surface area contributed by atoms with Gasteiger partial charge in [0.25, 0.3) is 0 Å². The Morgan fingerprint density at radius 2 is 1.88 bits per heavy atom. The van der Waals surface area contributed by atoms with E-state index in [0.29, 0.717) is 32.1 Å². The van der Waals surface area contributed by atoms with Crippen molar-refractivity contribution in [2.45, 2.75) is 12.7 Å². The van der Waals surface area contributed by atoms with Crippen LogP contribution in [0, 0.1) is 0 Å². The first-order valence-electron chi connectivity index (χ1n) is 9.26. The number of carboxylic acid groups (broad SMARTS) is 1. The van der Waals surface area contributed by atoms with E-state index in [1.807, 2.05) is 4.90 Å². The average Bonchev–Trinajstić information content (AvgIpc) is 3.07. The summed E-state index contributed by atoms with van der Waals surface area (Å²) in [5.74, 6) is 0.271. The number of anilines is 2. The Hall–Kier alpha value is -3.26. The number of hydrogen-bond donors (Lipinski definition) is 1. The van der Waals surface area contributed by atoms with Crippen LogP contribution in [0.2, 0.25) is 5.28 Å². The second-order valence-electron chi connectivity index (χ2n) is 6.84. The van der Waals surface area contributed by atoms with Gasteiger partial charge in [-0.15, -0.1) is 0 Å². The summed E-state index contributed by atoms with van der Waals surface area (Å²) in [5.41, 5.74) is 0.318. The minimum absolute atomic E-state index is 0.0449. The normalized spacial score (nSPS) is 14.7. The zero-order valence-corrected chi connectivity index (χ0v) is 17.3. The molecule has 4 heterocycles. The maximum Gasteiger partial charge on any atom is 0.413 e. The Kier molecular flexibility index (Phi) is 5.73. The highest BCUT2D eigenvalue weighted by Gasteiger charge is 2.32. The SMILES string of the molecule is CN(C(=O)O)c1ncc(-c2nc(N3CCOCC3)c3nc(Cl)n(CC(F)(F)F)c3n2)cn1. The zero-order valence-electron chi connectivity index (χ0n) is 16.5. The summed E-state index contributed by atoms with van der Waals surface area (Å²) in [6.45, 7) is 0.358. The van der Waals surface area contributed by atoms with Gasteiger partial charge >= 0.3 is 12.3 Å². The van der Waals surface area contributed by atoms with Crippen LogP contribution in [0.3, 0.4) is 0 Å². The molecular weight excluding hydrogens is 457 g/mol. The number of halogens is 4. The highest BCUT2D eigenvalue weighted by atomic mass is 35.5. The quantitative estimate of drug-likeness (QED) is 0.570. The fourth-order valence-corrected chi connectivity index (χ4v) is 3.32. The number of alkyl halides is 3. The second-order valence-corrected chi connectivity index (χ2v) is 7.18. The lowest BCUT2D eigenvalue weighted by Crippen LogP contribution is -2.37. The summed E-state index contributed by atoms with van der Waals surface area (Å²) >= 11 is 6.02. The number of imidazole rings is 1. The van der Waals surface area contributed by atoms with Crippen molar-refractivity contribution in [1.29, 1.82) is 0 Å². The van der Waals surface area contributed by atoms with E-state index in [1.54, 1.807) is 0 Å². The van der Waals surface area contributed by atoms with E-state index in [2.05, 4.69) is 24.9 Å². The third-order valence-corrected chi connectivity index (χ3v) is 4.95. The highest BCUT2D eigenvalue weighted by molar-refractivity contribution is 6.29. The van der Waals surface area contributed by atoms with Gasteiger partial charge < -0.3 is 14.7 Å². The molecule has 0 atom stereocenters. The second kappa shape index (κ2) is 8.35. The van der Waals surface area contributed by atoms with Gasteiger partial charge in [-0.3, -0.25) is 4.57 Å². The zero-order chi connectivity index (χ0) is 23.0. The average molecular weight is 473 g/mol. The molecule has 1 aliphatic rings. The van der Waals surface area contributed by atoms with Gasteiger partial charge in [0, 0.05) is 32.5 Å². The molecule has 3 aromatic heterocycles. The van der Waals surface area contributed by atoms with Crippen LogP contribution in [0.1, 0.15) is 0 Å². The molecule has 0 saturated carbocycles. The minimum Gasteiger partial charge on any atom is -0.465 e. The number of morpholine rings is 1. The number of aromatic nitrogens is 6. The van der Waals surface area contributed by atoms with Crippen LogP contribution in [0.25, 0.3) is 22.6 Å². The molecule has 15 heteroatoms. The molecule has 0 spiro atoms. The van der Waals surface area contributed by atoms with E-state index in [9.17, 15) is 18.0 Å². The van der Waals surface area contributed by atoms with E-state index in [0.717, 1.165) is 9.47 Å². The number of fused-ring (bicyclic) bond motifs is 1. The first-order chi connectivity index (χ1) is 15.1. The third-order valence-electron chi connectivity index (χ3n) is 4.66. The number of amides is 1. The summed E-state index contributed by atoms with van der Waals surface area (Å²) in [6, 6.07) is 0. The van der Waals surface area contributed by atoms with Gasteiger partial charge in [-0.2, -0.15) is 13.2 Å². The van der Waals surface area contributed by atoms with E-state index < -0.39 is 18.8 Å². The molecule has 32 heavy (non-hydrogen) atoms. The van der Waals surface area contributed by atoms with Crippen LogP contribution in [-0.4, -0.2) is 80.2 Å². The Morgan fingerprint density at radius 1 is 1.22 bits per heavy atom. The lowest BCUT2D eigenvalue weighted by Gasteiger charge is -2.28. The van der Waals surface area contributed by atoms with Gasteiger partial charge in [-0.05, 0) is 11.6 Å². The van der Waals surface area contributed by atoms with Crippen molar-refractivity contribution in [3.05, 3.63) is 17.7 Å². The number of carbonyl (C=O) groups is 1. The van der Waals surface area contributed by atoms with Gasteiger partial charge in [0.2, 0.25) is 11.2 Å². The van der Waals surface area contributed by atoms with Gasteiger partial charge in [0.05, 0.1) is 18.8 Å². The molecule has 4 rings (SSSR count). The smallest absolute Gasteiger partial charge is 0.413 e. The van der Waals surface area contributed by atoms with Crippen LogP contribution >= 0.6 is 11.6 Å².